The Labute approximate surface area is 146 Å². The largest absolute Gasteiger partial charge is 0.508 e. The number of rotatable bonds is 4. The molecule has 0 radical (unpaired) electrons. The highest BCUT2D eigenvalue weighted by Crippen LogP contribution is 2.25. The van der Waals surface area contributed by atoms with Crippen molar-refractivity contribution in [1.82, 2.24) is 4.90 Å². The van der Waals surface area contributed by atoms with E-state index in [1.54, 1.807) is 11.0 Å². The van der Waals surface area contributed by atoms with Crippen molar-refractivity contribution in [3.63, 3.8) is 0 Å². The fraction of sp³-hybridized carbons (Fsp3) is 0.474. The zero-order valence-corrected chi connectivity index (χ0v) is 14.5. The average molecular weight is 345 g/mol. The van der Waals surface area contributed by atoms with Crippen molar-refractivity contribution in [3.8, 4) is 5.75 Å². The van der Waals surface area contributed by atoms with Gasteiger partial charge in [0.25, 0.3) is 5.91 Å². The molecule has 1 N–H and O–H groups in total. The molecule has 1 fully saturated rings. The molecule has 6 heteroatoms. The second kappa shape index (κ2) is 7.17. The molecule has 1 aromatic heterocycles. The van der Waals surface area contributed by atoms with Gasteiger partial charge in [0, 0.05) is 30.1 Å². The number of nitrogens with zero attached hydrogens (tertiary/aromatic N) is 1. The molecule has 1 aliphatic rings. The number of hydrogen-bond donors (Lipinski definition) is 1. The third-order valence-electron chi connectivity index (χ3n) is 4.55. The normalized spacial score (nSPS) is 20.6. The van der Waals surface area contributed by atoms with Crippen LogP contribution in [0.1, 0.15) is 25.8 Å². The van der Waals surface area contributed by atoms with Crippen molar-refractivity contribution in [2.75, 3.05) is 19.7 Å². The van der Waals surface area contributed by atoms with Gasteiger partial charge < -0.3 is 19.2 Å². The number of benzene rings is 1. The summed E-state index contributed by atoms with van der Waals surface area (Å²) in [5.74, 6) is 0.428. The van der Waals surface area contributed by atoms with Crippen LogP contribution in [0.2, 0.25) is 0 Å². The maximum absolute atomic E-state index is 12.2. The predicted octanol–water partition coefficient (Wildman–Crippen LogP) is 2.73. The average Bonchev–Trinajstić information content (AvgIpc) is 2.93. The summed E-state index contributed by atoms with van der Waals surface area (Å²) >= 11 is 0. The van der Waals surface area contributed by atoms with Gasteiger partial charge in [0.2, 0.25) is 0 Å². The minimum absolute atomic E-state index is 0.0257. The number of phenols is 1. The molecule has 3 rings (SSSR count). The lowest BCUT2D eigenvalue weighted by molar-refractivity contribution is -0.152. The first kappa shape index (κ1) is 17.3. The zero-order valence-electron chi connectivity index (χ0n) is 14.5. The van der Waals surface area contributed by atoms with E-state index in [2.05, 4.69) is 13.8 Å². The Morgan fingerprint density at radius 2 is 2.00 bits per heavy atom. The van der Waals surface area contributed by atoms with Gasteiger partial charge in [0.05, 0.1) is 12.7 Å². The fourth-order valence-corrected chi connectivity index (χ4v) is 3.52. The highest BCUT2D eigenvalue weighted by molar-refractivity contribution is 5.87. The molecule has 0 saturated carbocycles. The number of furan rings is 1. The van der Waals surface area contributed by atoms with Crippen LogP contribution in [-0.2, 0) is 20.7 Å². The van der Waals surface area contributed by atoms with E-state index in [-0.39, 0.29) is 24.7 Å². The third kappa shape index (κ3) is 4.13. The van der Waals surface area contributed by atoms with Crippen LogP contribution in [0.4, 0.5) is 0 Å². The van der Waals surface area contributed by atoms with E-state index in [1.807, 2.05) is 0 Å². The number of hydrogen-bond acceptors (Lipinski definition) is 5. The second-order valence-corrected chi connectivity index (χ2v) is 7.02. The Balaban J connectivity index is 1.54. The van der Waals surface area contributed by atoms with Gasteiger partial charge in [-0.05, 0) is 30.4 Å². The molecular weight excluding hydrogens is 322 g/mol. The summed E-state index contributed by atoms with van der Waals surface area (Å²) in [7, 11) is 0. The molecule has 2 unspecified atom stereocenters. The molecule has 0 bridgehead atoms. The number of aromatic hydroxyl groups is 1. The van der Waals surface area contributed by atoms with Crippen LogP contribution >= 0.6 is 0 Å². The Bertz CT molecular complexity index is 771. The number of phenolic OH excluding ortho intramolecular Hbond substituents is 1. The third-order valence-corrected chi connectivity index (χ3v) is 4.55. The standard InChI is InChI=1S/C19H23NO5/c1-12-5-13(2)9-20(8-12)18(22)11-25-19(23)6-14-10-24-17-7-15(21)3-4-16(14)17/h3-4,7,10,12-13,21H,5-6,8-9,11H2,1-2H3. The molecule has 1 saturated heterocycles. The number of esters is 1. The molecule has 0 spiro atoms. The summed E-state index contributed by atoms with van der Waals surface area (Å²) in [6, 6.07) is 4.72. The van der Waals surface area contributed by atoms with Crippen LogP contribution in [0.5, 0.6) is 5.75 Å². The number of ether oxygens (including phenoxy) is 1. The first-order chi connectivity index (χ1) is 11.9. The van der Waals surface area contributed by atoms with Gasteiger partial charge in [-0.25, -0.2) is 0 Å². The van der Waals surface area contributed by atoms with Gasteiger partial charge in [0.1, 0.15) is 11.3 Å². The zero-order chi connectivity index (χ0) is 18.0. The molecule has 2 aromatic rings. The lowest BCUT2D eigenvalue weighted by atomic mass is 9.92. The fourth-order valence-electron chi connectivity index (χ4n) is 3.52. The van der Waals surface area contributed by atoms with Crippen molar-refractivity contribution in [2.45, 2.75) is 26.7 Å². The Hall–Kier alpha value is -2.50. The quantitative estimate of drug-likeness (QED) is 0.862. The summed E-state index contributed by atoms with van der Waals surface area (Å²) in [6.07, 6.45) is 2.62. The molecular formula is C19H23NO5. The second-order valence-electron chi connectivity index (χ2n) is 7.02. The Morgan fingerprint density at radius 1 is 1.28 bits per heavy atom. The minimum atomic E-state index is -0.470. The van der Waals surface area contributed by atoms with E-state index in [1.165, 1.54) is 18.4 Å². The number of carbonyl (C=O) groups excluding carboxylic acids is 2. The monoisotopic (exact) mass is 345 g/mol. The highest BCUT2D eigenvalue weighted by Gasteiger charge is 2.26. The Kier molecular flexibility index (Phi) is 4.97. The van der Waals surface area contributed by atoms with Gasteiger partial charge in [-0.1, -0.05) is 13.8 Å². The molecule has 2 heterocycles. The number of likely N-dealkylation sites (tertiary alicyclic amines) is 1. The predicted molar refractivity (Wildman–Crippen MR) is 92.1 cm³/mol. The summed E-state index contributed by atoms with van der Waals surface area (Å²) in [5, 5.41) is 10.2. The minimum Gasteiger partial charge on any atom is -0.508 e. The summed E-state index contributed by atoms with van der Waals surface area (Å²) in [4.78, 5) is 26.1. The van der Waals surface area contributed by atoms with E-state index in [0.29, 0.717) is 23.0 Å². The number of carbonyl (C=O) groups is 2. The SMILES string of the molecule is CC1CC(C)CN(C(=O)COC(=O)Cc2coc3cc(O)ccc23)C1. The molecule has 0 aliphatic carbocycles. The van der Waals surface area contributed by atoms with Crippen molar-refractivity contribution in [2.24, 2.45) is 11.8 Å². The van der Waals surface area contributed by atoms with Gasteiger partial charge in [-0.3, -0.25) is 9.59 Å². The van der Waals surface area contributed by atoms with Crippen LogP contribution in [-0.4, -0.2) is 41.6 Å². The van der Waals surface area contributed by atoms with Gasteiger partial charge in [0.15, 0.2) is 6.61 Å². The molecule has 6 nitrogen and oxygen atoms in total. The molecule has 134 valence electrons. The van der Waals surface area contributed by atoms with E-state index in [0.717, 1.165) is 24.9 Å². The first-order valence-corrected chi connectivity index (χ1v) is 8.55. The first-order valence-electron chi connectivity index (χ1n) is 8.55. The number of fused-ring (bicyclic) bond motifs is 1. The van der Waals surface area contributed by atoms with Crippen LogP contribution in [0.25, 0.3) is 11.0 Å². The summed E-state index contributed by atoms with van der Waals surface area (Å²) < 4.78 is 10.5. The highest BCUT2D eigenvalue weighted by atomic mass is 16.5. The van der Waals surface area contributed by atoms with Gasteiger partial charge >= 0.3 is 5.97 Å². The van der Waals surface area contributed by atoms with Crippen LogP contribution in [0.15, 0.2) is 28.9 Å². The van der Waals surface area contributed by atoms with Crippen LogP contribution < -0.4 is 0 Å². The molecule has 1 amide bonds. The van der Waals surface area contributed by atoms with E-state index >= 15 is 0 Å². The summed E-state index contributed by atoms with van der Waals surface area (Å²) in [5.41, 5.74) is 1.18. The molecule has 2 atom stereocenters. The lowest BCUT2D eigenvalue weighted by Gasteiger charge is -2.34. The molecule has 25 heavy (non-hydrogen) atoms. The van der Waals surface area contributed by atoms with E-state index in [9.17, 15) is 14.7 Å². The Morgan fingerprint density at radius 3 is 2.72 bits per heavy atom. The summed E-state index contributed by atoms with van der Waals surface area (Å²) in [6.45, 7) is 5.47. The maximum Gasteiger partial charge on any atom is 0.310 e. The van der Waals surface area contributed by atoms with Crippen molar-refractivity contribution in [1.29, 1.82) is 0 Å². The van der Waals surface area contributed by atoms with Gasteiger partial charge in [-0.15, -0.1) is 0 Å². The number of amides is 1. The van der Waals surface area contributed by atoms with Crippen molar-refractivity contribution in [3.05, 3.63) is 30.0 Å². The van der Waals surface area contributed by atoms with E-state index in [4.69, 9.17) is 9.15 Å². The van der Waals surface area contributed by atoms with E-state index < -0.39 is 5.97 Å². The van der Waals surface area contributed by atoms with Gasteiger partial charge in [-0.2, -0.15) is 0 Å². The lowest BCUT2D eigenvalue weighted by Crippen LogP contribution is -2.44. The molecule has 1 aromatic carbocycles. The van der Waals surface area contributed by atoms with Crippen LogP contribution in [0, 0.1) is 11.8 Å². The smallest absolute Gasteiger partial charge is 0.310 e. The number of piperidine rings is 1. The van der Waals surface area contributed by atoms with Crippen molar-refractivity contribution < 1.29 is 23.8 Å². The van der Waals surface area contributed by atoms with Crippen LogP contribution in [0.3, 0.4) is 0 Å². The maximum atomic E-state index is 12.2. The molecule has 1 aliphatic heterocycles. The van der Waals surface area contributed by atoms with Crippen molar-refractivity contribution >= 4 is 22.8 Å². The topological polar surface area (TPSA) is 80.0 Å².